The van der Waals surface area contributed by atoms with Gasteiger partial charge in [-0.25, -0.2) is 4.57 Å². The second kappa shape index (κ2) is 41.6. The van der Waals surface area contributed by atoms with E-state index in [-0.39, 0.29) is 19.4 Å². The largest absolute Gasteiger partial charge is 0.472 e. The van der Waals surface area contributed by atoms with Crippen LogP contribution in [0.25, 0.3) is 0 Å². The van der Waals surface area contributed by atoms with E-state index in [2.05, 4.69) is 42.7 Å². The summed E-state index contributed by atoms with van der Waals surface area (Å²) in [5.74, 6) is -0.968. The summed E-state index contributed by atoms with van der Waals surface area (Å²) in [5, 5.41) is 18.3. The highest BCUT2D eigenvalue weighted by Gasteiger charge is 2.27. The molecular formula is C45H85O10P. The van der Waals surface area contributed by atoms with Crippen molar-refractivity contribution in [2.75, 3.05) is 26.4 Å². The minimum atomic E-state index is -4.62. The zero-order valence-electron chi connectivity index (χ0n) is 35.9. The number of rotatable bonds is 43. The SMILES string of the molecule is CCCCCCCCCCC/C=C/C/C=C/CCCC(=O)OC[C@H](COP(=O)(O)OC[C@@H](O)CO)OC(=O)CCCCCCCCCCCCCCCCCC. The van der Waals surface area contributed by atoms with Crippen molar-refractivity contribution in [1.82, 2.24) is 0 Å². The van der Waals surface area contributed by atoms with Gasteiger partial charge in [0.25, 0.3) is 0 Å². The van der Waals surface area contributed by atoms with E-state index >= 15 is 0 Å². The maximum Gasteiger partial charge on any atom is 0.472 e. The lowest BCUT2D eigenvalue weighted by Gasteiger charge is -2.20. The molecule has 0 aliphatic rings. The minimum Gasteiger partial charge on any atom is -0.462 e. The third kappa shape index (κ3) is 40.6. The first kappa shape index (κ1) is 54.5. The molecule has 10 nitrogen and oxygen atoms in total. The summed E-state index contributed by atoms with van der Waals surface area (Å²) in [6.45, 7) is 2.36. The summed E-state index contributed by atoms with van der Waals surface area (Å²) >= 11 is 0. The lowest BCUT2D eigenvalue weighted by Crippen LogP contribution is -2.29. The molecule has 0 amide bonds. The highest BCUT2D eigenvalue weighted by molar-refractivity contribution is 7.47. The molecule has 1 unspecified atom stereocenters. The molecule has 11 heteroatoms. The number of unbranched alkanes of at least 4 members (excludes halogenated alkanes) is 25. The molecule has 0 aromatic rings. The lowest BCUT2D eigenvalue weighted by atomic mass is 10.0. The first-order valence-electron chi connectivity index (χ1n) is 22.8. The van der Waals surface area contributed by atoms with Crippen LogP contribution in [0.5, 0.6) is 0 Å². The fourth-order valence-electron chi connectivity index (χ4n) is 6.33. The average Bonchev–Trinajstić information content (AvgIpc) is 3.19. The zero-order valence-corrected chi connectivity index (χ0v) is 36.8. The smallest absolute Gasteiger partial charge is 0.462 e. The number of carbonyl (C=O) groups excluding carboxylic acids is 2. The van der Waals surface area contributed by atoms with E-state index in [0.29, 0.717) is 12.8 Å². The Balaban J connectivity index is 4.30. The summed E-state index contributed by atoms with van der Waals surface area (Å²) < 4.78 is 32.7. The van der Waals surface area contributed by atoms with Gasteiger partial charge in [-0.3, -0.25) is 18.6 Å². The van der Waals surface area contributed by atoms with Crippen LogP contribution >= 0.6 is 7.82 Å². The van der Waals surface area contributed by atoms with E-state index in [4.69, 9.17) is 19.1 Å². The van der Waals surface area contributed by atoms with Crippen LogP contribution in [0.3, 0.4) is 0 Å². The molecule has 0 saturated heterocycles. The van der Waals surface area contributed by atoms with Crippen molar-refractivity contribution in [3.8, 4) is 0 Å². The number of aliphatic hydroxyl groups excluding tert-OH is 2. The van der Waals surface area contributed by atoms with Crippen LogP contribution in [0.1, 0.15) is 213 Å². The number of hydrogen-bond acceptors (Lipinski definition) is 9. The first-order valence-corrected chi connectivity index (χ1v) is 24.3. The highest BCUT2D eigenvalue weighted by atomic mass is 31.2. The predicted molar refractivity (Wildman–Crippen MR) is 228 cm³/mol. The van der Waals surface area contributed by atoms with Crippen molar-refractivity contribution >= 4 is 19.8 Å². The molecule has 0 aromatic carbocycles. The fraction of sp³-hybridized carbons (Fsp3) is 0.867. The van der Waals surface area contributed by atoms with Gasteiger partial charge in [0.15, 0.2) is 6.10 Å². The average molecular weight is 817 g/mol. The Morgan fingerprint density at radius 3 is 1.43 bits per heavy atom. The van der Waals surface area contributed by atoms with Crippen molar-refractivity contribution in [2.24, 2.45) is 0 Å². The lowest BCUT2D eigenvalue weighted by molar-refractivity contribution is -0.161. The Kier molecular flexibility index (Phi) is 40.5. The number of allylic oxidation sites excluding steroid dienone is 4. The maximum absolute atomic E-state index is 12.6. The van der Waals surface area contributed by atoms with Crippen LogP contribution in [-0.4, -0.2) is 65.7 Å². The van der Waals surface area contributed by atoms with Gasteiger partial charge in [-0.2, -0.15) is 0 Å². The Morgan fingerprint density at radius 2 is 0.946 bits per heavy atom. The molecule has 0 spiro atoms. The first-order chi connectivity index (χ1) is 27.2. The van der Waals surface area contributed by atoms with Gasteiger partial charge in [-0.15, -0.1) is 0 Å². The molecule has 0 rings (SSSR count). The van der Waals surface area contributed by atoms with Gasteiger partial charge >= 0.3 is 19.8 Å². The third-order valence-corrected chi connectivity index (χ3v) is 10.8. The van der Waals surface area contributed by atoms with Gasteiger partial charge in [0, 0.05) is 12.8 Å². The molecular weight excluding hydrogens is 731 g/mol. The number of phosphoric acid groups is 1. The minimum absolute atomic E-state index is 0.180. The van der Waals surface area contributed by atoms with Crippen molar-refractivity contribution in [1.29, 1.82) is 0 Å². The Bertz CT molecular complexity index is 988. The van der Waals surface area contributed by atoms with E-state index in [1.807, 2.05) is 0 Å². The van der Waals surface area contributed by atoms with Crippen molar-refractivity contribution in [3.05, 3.63) is 24.3 Å². The van der Waals surface area contributed by atoms with Crippen LogP contribution in [0, 0.1) is 0 Å². The summed E-state index contributed by atoms with van der Waals surface area (Å²) in [4.78, 5) is 35.0. The Morgan fingerprint density at radius 1 is 0.536 bits per heavy atom. The van der Waals surface area contributed by atoms with Gasteiger partial charge in [-0.1, -0.05) is 186 Å². The monoisotopic (exact) mass is 817 g/mol. The number of phosphoric ester groups is 1. The van der Waals surface area contributed by atoms with Gasteiger partial charge < -0.3 is 24.6 Å². The molecule has 330 valence electrons. The van der Waals surface area contributed by atoms with Crippen molar-refractivity contribution < 1.29 is 47.8 Å². The van der Waals surface area contributed by atoms with E-state index < -0.39 is 51.8 Å². The topological polar surface area (TPSA) is 149 Å². The summed E-state index contributed by atoms with van der Waals surface area (Å²) in [6, 6.07) is 0. The summed E-state index contributed by atoms with van der Waals surface area (Å²) in [6.07, 6.45) is 41.5. The normalized spacial score (nSPS) is 14.0. The number of aliphatic hydroxyl groups is 2. The third-order valence-electron chi connectivity index (χ3n) is 9.86. The number of ether oxygens (including phenoxy) is 2. The molecule has 3 atom stereocenters. The van der Waals surface area contributed by atoms with Crippen molar-refractivity contribution in [2.45, 2.75) is 225 Å². The molecule has 0 aromatic heterocycles. The Labute approximate surface area is 342 Å². The van der Waals surface area contributed by atoms with E-state index in [0.717, 1.165) is 38.5 Å². The molecule has 0 radical (unpaired) electrons. The van der Waals surface area contributed by atoms with Gasteiger partial charge in [0.2, 0.25) is 0 Å². The molecule has 0 bridgehead atoms. The second-order valence-corrected chi connectivity index (χ2v) is 16.9. The zero-order chi connectivity index (χ0) is 41.2. The van der Waals surface area contributed by atoms with E-state index in [1.54, 1.807) is 0 Å². The molecule has 0 fully saturated rings. The Hall–Kier alpha value is -1.55. The summed E-state index contributed by atoms with van der Waals surface area (Å²) in [5.41, 5.74) is 0. The quantitative estimate of drug-likeness (QED) is 0.0235. The van der Waals surface area contributed by atoms with Crippen LogP contribution < -0.4 is 0 Å². The van der Waals surface area contributed by atoms with E-state index in [9.17, 15) is 24.2 Å². The molecule has 0 aliphatic carbocycles. The number of esters is 2. The standard InChI is InChI=1S/C45H85O10P/c1-3-5-7-9-11-13-15-17-19-21-23-24-26-28-30-32-34-36-44(48)52-40-43(41-54-56(50,51)53-39-42(47)38-46)55-45(49)37-35-33-31-29-27-25-22-20-18-16-14-12-10-8-6-4-2/h23-24,28,30,42-43,46-47H,3-22,25-27,29,31-41H2,1-2H3,(H,50,51)/b24-23+,30-28+/t42-,43+/m0/s1. The van der Waals surface area contributed by atoms with E-state index in [1.165, 1.54) is 135 Å². The molecule has 0 heterocycles. The fourth-order valence-corrected chi connectivity index (χ4v) is 7.12. The van der Waals surface area contributed by atoms with Gasteiger partial charge in [-0.05, 0) is 38.5 Å². The second-order valence-electron chi connectivity index (χ2n) is 15.4. The van der Waals surface area contributed by atoms with Crippen LogP contribution in [0.2, 0.25) is 0 Å². The van der Waals surface area contributed by atoms with Crippen LogP contribution in [0.15, 0.2) is 24.3 Å². The summed E-state index contributed by atoms with van der Waals surface area (Å²) in [7, 11) is -4.62. The maximum atomic E-state index is 12.6. The predicted octanol–water partition coefficient (Wildman–Crippen LogP) is 12.2. The molecule has 0 saturated carbocycles. The van der Waals surface area contributed by atoms with Crippen LogP contribution in [0.4, 0.5) is 0 Å². The molecule has 3 N–H and O–H groups in total. The number of hydrogen-bond donors (Lipinski definition) is 3. The van der Waals surface area contributed by atoms with Gasteiger partial charge in [0.1, 0.15) is 12.7 Å². The highest BCUT2D eigenvalue weighted by Crippen LogP contribution is 2.43. The van der Waals surface area contributed by atoms with Crippen molar-refractivity contribution in [3.63, 3.8) is 0 Å². The molecule has 0 aliphatic heterocycles. The number of carbonyl (C=O) groups is 2. The molecule has 56 heavy (non-hydrogen) atoms. The van der Waals surface area contributed by atoms with Gasteiger partial charge in [0.05, 0.1) is 19.8 Å². The van der Waals surface area contributed by atoms with Crippen LogP contribution in [-0.2, 0) is 32.7 Å².